The molecule has 1 aromatic carbocycles. The molecule has 0 spiro atoms. The van der Waals surface area contributed by atoms with Crippen LogP contribution in [0.3, 0.4) is 0 Å². The van der Waals surface area contributed by atoms with Crippen LogP contribution in [-0.2, 0) is 22.4 Å². The number of aryl methyl sites for hydroxylation is 1. The minimum atomic E-state index is -0.329. The van der Waals surface area contributed by atoms with Crippen molar-refractivity contribution >= 4 is 12.0 Å². The van der Waals surface area contributed by atoms with Crippen LogP contribution < -0.4 is 5.32 Å². The van der Waals surface area contributed by atoms with Crippen molar-refractivity contribution in [3.8, 4) is 0 Å². The maximum absolute atomic E-state index is 11.2. The van der Waals surface area contributed by atoms with Gasteiger partial charge in [0, 0.05) is 37.0 Å². The highest BCUT2D eigenvalue weighted by Gasteiger charge is 2.21. The van der Waals surface area contributed by atoms with Crippen molar-refractivity contribution < 1.29 is 9.53 Å². The van der Waals surface area contributed by atoms with Gasteiger partial charge in [0.2, 0.25) is 0 Å². The van der Waals surface area contributed by atoms with Crippen LogP contribution in [0.15, 0.2) is 48.7 Å². The average molecular weight is 322 g/mol. The van der Waals surface area contributed by atoms with Crippen LogP contribution in [0.1, 0.15) is 34.8 Å². The highest BCUT2D eigenvalue weighted by Crippen LogP contribution is 2.31. The zero-order valence-electron chi connectivity index (χ0n) is 13.9. The van der Waals surface area contributed by atoms with E-state index in [2.05, 4.69) is 39.3 Å². The van der Waals surface area contributed by atoms with Crippen LogP contribution >= 0.6 is 0 Å². The first-order chi connectivity index (χ1) is 11.8. The molecule has 1 unspecified atom stereocenters. The normalized spacial score (nSPS) is 16.3. The van der Waals surface area contributed by atoms with Gasteiger partial charge in [-0.1, -0.05) is 24.3 Å². The molecule has 24 heavy (non-hydrogen) atoms. The number of ether oxygens (including phenoxy) is 1. The Labute approximate surface area is 142 Å². The number of nitrogens with one attached hydrogen (secondary N) is 1. The molecular formula is C20H22N2O2. The van der Waals surface area contributed by atoms with Crippen molar-refractivity contribution in [2.75, 3.05) is 13.7 Å². The molecule has 0 saturated carbocycles. The molecule has 4 nitrogen and oxygen atoms in total. The molecule has 0 aliphatic heterocycles. The predicted octanol–water partition coefficient (Wildman–Crippen LogP) is 3.09. The second kappa shape index (κ2) is 7.88. The van der Waals surface area contributed by atoms with E-state index in [-0.39, 0.29) is 5.97 Å². The van der Waals surface area contributed by atoms with Gasteiger partial charge >= 0.3 is 5.97 Å². The molecular weight excluding hydrogens is 300 g/mol. The molecule has 1 aromatic heterocycles. The van der Waals surface area contributed by atoms with Crippen molar-refractivity contribution in [3.05, 3.63) is 71.1 Å². The maximum Gasteiger partial charge on any atom is 0.330 e. The van der Waals surface area contributed by atoms with E-state index in [1.165, 1.54) is 24.3 Å². The second-order valence-corrected chi connectivity index (χ2v) is 5.93. The Morgan fingerprint density at radius 3 is 3.08 bits per heavy atom. The summed E-state index contributed by atoms with van der Waals surface area (Å²) in [6.45, 7) is 0.922. The van der Waals surface area contributed by atoms with Gasteiger partial charge in [-0.3, -0.25) is 4.98 Å². The summed E-state index contributed by atoms with van der Waals surface area (Å²) in [7, 11) is 1.39. The van der Waals surface area contributed by atoms with Gasteiger partial charge in [-0.25, -0.2) is 4.79 Å². The van der Waals surface area contributed by atoms with Crippen LogP contribution in [0.4, 0.5) is 0 Å². The molecule has 0 bridgehead atoms. The fraction of sp³-hybridized carbons (Fsp3) is 0.300. The van der Waals surface area contributed by atoms with Gasteiger partial charge in [0.25, 0.3) is 0 Å². The van der Waals surface area contributed by atoms with E-state index in [4.69, 9.17) is 0 Å². The van der Waals surface area contributed by atoms with Gasteiger partial charge in [0.05, 0.1) is 7.11 Å². The Hall–Kier alpha value is -2.46. The Bertz CT molecular complexity index is 726. The van der Waals surface area contributed by atoms with E-state index in [0.717, 1.165) is 37.1 Å². The topological polar surface area (TPSA) is 51.2 Å². The molecule has 0 fully saturated rings. The smallest absolute Gasteiger partial charge is 0.330 e. The largest absolute Gasteiger partial charge is 0.466 e. The molecule has 1 aliphatic rings. The molecule has 3 rings (SSSR count). The number of hydrogen-bond donors (Lipinski definition) is 1. The quantitative estimate of drug-likeness (QED) is 0.656. The summed E-state index contributed by atoms with van der Waals surface area (Å²) in [5.74, 6) is -0.329. The summed E-state index contributed by atoms with van der Waals surface area (Å²) in [6.07, 6.45) is 8.21. The van der Waals surface area contributed by atoms with Gasteiger partial charge < -0.3 is 10.1 Å². The highest BCUT2D eigenvalue weighted by molar-refractivity contribution is 5.86. The molecule has 1 aliphatic carbocycles. The average Bonchev–Trinajstić information content (AvgIpc) is 3.03. The zero-order valence-corrected chi connectivity index (χ0v) is 13.9. The van der Waals surface area contributed by atoms with Crippen molar-refractivity contribution in [1.82, 2.24) is 10.3 Å². The Kier molecular flexibility index (Phi) is 5.39. The number of fused-ring (bicyclic) bond motifs is 1. The van der Waals surface area contributed by atoms with E-state index >= 15 is 0 Å². The molecule has 1 N–H and O–H groups in total. The fourth-order valence-corrected chi connectivity index (χ4v) is 3.11. The van der Waals surface area contributed by atoms with Crippen molar-refractivity contribution in [3.63, 3.8) is 0 Å². The molecule has 0 radical (unpaired) electrons. The Morgan fingerprint density at radius 1 is 1.38 bits per heavy atom. The van der Waals surface area contributed by atoms with E-state index in [1.54, 1.807) is 6.08 Å². The van der Waals surface area contributed by atoms with Gasteiger partial charge in [-0.2, -0.15) is 0 Å². The number of carbonyl (C=O) groups is 1. The lowest BCUT2D eigenvalue weighted by atomic mass is 10.0. The third-order valence-corrected chi connectivity index (χ3v) is 4.36. The van der Waals surface area contributed by atoms with Gasteiger partial charge in [0.15, 0.2) is 0 Å². The standard InChI is InChI=1S/C20H22N2O2/c1-24-20(23)10-6-15-5-8-18-16(14-15)7-9-19(18)22-13-11-17-4-2-3-12-21-17/h2-6,8,10,12,14,19,22H,7,9,11,13H2,1H3. The number of nitrogens with zero attached hydrogens (tertiary/aromatic N) is 1. The van der Waals surface area contributed by atoms with Crippen molar-refractivity contribution in [2.24, 2.45) is 0 Å². The van der Waals surface area contributed by atoms with E-state index < -0.39 is 0 Å². The molecule has 1 atom stereocenters. The summed E-state index contributed by atoms with van der Waals surface area (Å²) in [5.41, 5.74) is 4.88. The predicted molar refractivity (Wildman–Crippen MR) is 94.5 cm³/mol. The summed E-state index contributed by atoms with van der Waals surface area (Å²) in [6, 6.07) is 12.8. The molecule has 2 aromatic rings. The summed E-state index contributed by atoms with van der Waals surface area (Å²) >= 11 is 0. The minimum absolute atomic E-state index is 0.329. The second-order valence-electron chi connectivity index (χ2n) is 5.93. The van der Waals surface area contributed by atoms with Crippen molar-refractivity contribution in [1.29, 1.82) is 0 Å². The van der Waals surface area contributed by atoms with Crippen LogP contribution in [0, 0.1) is 0 Å². The van der Waals surface area contributed by atoms with Gasteiger partial charge in [-0.15, -0.1) is 0 Å². The lowest BCUT2D eigenvalue weighted by molar-refractivity contribution is -0.134. The number of rotatable bonds is 6. The first kappa shape index (κ1) is 16.4. The lowest BCUT2D eigenvalue weighted by Crippen LogP contribution is -2.22. The van der Waals surface area contributed by atoms with Crippen LogP contribution in [0.5, 0.6) is 0 Å². The Balaban J connectivity index is 1.58. The molecule has 0 saturated heterocycles. The molecule has 124 valence electrons. The zero-order chi connectivity index (χ0) is 16.8. The first-order valence-corrected chi connectivity index (χ1v) is 8.28. The number of hydrogen-bond acceptors (Lipinski definition) is 4. The Morgan fingerprint density at radius 2 is 2.29 bits per heavy atom. The first-order valence-electron chi connectivity index (χ1n) is 8.28. The number of methoxy groups -OCH3 is 1. The molecule has 0 amide bonds. The number of pyridine rings is 1. The van der Waals surface area contributed by atoms with Gasteiger partial charge in [0.1, 0.15) is 0 Å². The summed E-state index contributed by atoms with van der Waals surface area (Å²) in [4.78, 5) is 15.5. The fourth-order valence-electron chi connectivity index (χ4n) is 3.11. The van der Waals surface area contributed by atoms with Crippen LogP contribution in [0.2, 0.25) is 0 Å². The minimum Gasteiger partial charge on any atom is -0.466 e. The van der Waals surface area contributed by atoms with Crippen LogP contribution in [0.25, 0.3) is 6.08 Å². The molecule has 1 heterocycles. The monoisotopic (exact) mass is 322 g/mol. The third-order valence-electron chi connectivity index (χ3n) is 4.36. The highest BCUT2D eigenvalue weighted by atomic mass is 16.5. The van der Waals surface area contributed by atoms with E-state index in [0.29, 0.717) is 6.04 Å². The van der Waals surface area contributed by atoms with Gasteiger partial charge in [-0.05, 0) is 47.7 Å². The van der Waals surface area contributed by atoms with Crippen LogP contribution in [-0.4, -0.2) is 24.6 Å². The van der Waals surface area contributed by atoms with E-state index in [1.807, 2.05) is 18.3 Å². The lowest BCUT2D eigenvalue weighted by Gasteiger charge is -2.14. The SMILES string of the molecule is COC(=O)C=Cc1ccc2c(c1)CCC2NCCc1ccccn1. The summed E-state index contributed by atoms with van der Waals surface area (Å²) < 4.78 is 4.62. The van der Waals surface area contributed by atoms with E-state index in [9.17, 15) is 4.79 Å². The molecule has 4 heteroatoms. The van der Waals surface area contributed by atoms with Crippen molar-refractivity contribution in [2.45, 2.75) is 25.3 Å². The third kappa shape index (κ3) is 4.09. The maximum atomic E-state index is 11.2. The number of esters is 1. The number of benzene rings is 1. The summed E-state index contributed by atoms with van der Waals surface area (Å²) in [5, 5.41) is 3.63. The number of aromatic nitrogens is 1. The number of carbonyl (C=O) groups excluding carboxylic acids is 1.